The average molecular weight is 196 g/mol. The quantitative estimate of drug-likeness (QED) is 0.682. The highest BCUT2D eigenvalue weighted by atomic mass is 19.1. The van der Waals surface area contributed by atoms with Crippen molar-refractivity contribution in [2.24, 2.45) is 0 Å². The third kappa shape index (κ3) is 1.70. The molecule has 0 bridgehead atoms. The molecule has 0 spiro atoms. The fourth-order valence-corrected chi connectivity index (χ4v) is 1.53. The van der Waals surface area contributed by atoms with E-state index in [1.54, 1.807) is 6.20 Å². The monoisotopic (exact) mass is 196 g/mol. The predicted octanol–water partition coefficient (Wildman–Crippen LogP) is 1.48. The van der Waals surface area contributed by atoms with Crippen LogP contribution in [-0.2, 0) is 6.54 Å². The van der Waals surface area contributed by atoms with E-state index in [9.17, 15) is 4.39 Å². The Morgan fingerprint density at radius 2 is 2.29 bits per heavy atom. The summed E-state index contributed by atoms with van der Waals surface area (Å²) in [5.74, 6) is 0.229. The Labute approximate surface area is 82.3 Å². The number of aromatic nitrogens is 1. The van der Waals surface area contributed by atoms with Crippen molar-refractivity contribution in [3.8, 4) is 5.75 Å². The van der Waals surface area contributed by atoms with Crippen LogP contribution in [0.4, 0.5) is 4.39 Å². The fraction of sp³-hybridized carbons (Fsp3) is 0.500. The van der Waals surface area contributed by atoms with Gasteiger partial charge in [-0.2, -0.15) is 0 Å². The van der Waals surface area contributed by atoms with Crippen LogP contribution in [0.1, 0.15) is 19.4 Å². The van der Waals surface area contributed by atoms with Gasteiger partial charge >= 0.3 is 0 Å². The number of rotatable bonds is 0. The molecular formula is C10H13FN2O. The van der Waals surface area contributed by atoms with Gasteiger partial charge in [-0.3, -0.25) is 4.98 Å². The van der Waals surface area contributed by atoms with Crippen molar-refractivity contribution in [2.75, 3.05) is 6.54 Å². The molecule has 3 nitrogen and oxygen atoms in total. The molecule has 1 aliphatic heterocycles. The molecule has 0 aliphatic carbocycles. The van der Waals surface area contributed by atoms with Crippen molar-refractivity contribution in [1.82, 2.24) is 10.3 Å². The molecule has 0 radical (unpaired) electrons. The minimum atomic E-state index is -0.319. The van der Waals surface area contributed by atoms with Crippen molar-refractivity contribution >= 4 is 0 Å². The number of pyridine rings is 1. The molecule has 1 aromatic rings. The lowest BCUT2D eigenvalue weighted by Crippen LogP contribution is -2.37. The number of hydrogen-bond acceptors (Lipinski definition) is 3. The molecule has 2 heterocycles. The molecule has 0 unspecified atom stereocenters. The lowest BCUT2D eigenvalue weighted by atomic mass is 10.1. The highest BCUT2D eigenvalue weighted by Crippen LogP contribution is 2.26. The highest BCUT2D eigenvalue weighted by molar-refractivity contribution is 5.32. The number of hydrogen-bond donors (Lipinski definition) is 1. The first kappa shape index (κ1) is 9.40. The van der Waals surface area contributed by atoms with Crippen LogP contribution in [0.3, 0.4) is 0 Å². The maximum atomic E-state index is 13.3. The zero-order chi connectivity index (χ0) is 10.2. The Balaban J connectivity index is 2.42. The van der Waals surface area contributed by atoms with Crippen LogP contribution < -0.4 is 10.1 Å². The molecular weight excluding hydrogens is 183 g/mol. The number of halogens is 1. The van der Waals surface area contributed by atoms with Crippen LogP contribution >= 0.6 is 0 Å². The molecule has 0 fully saturated rings. The number of nitrogens with zero attached hydrogens (tertiary/aromatic N) is 1. The Morgan fingerprint density at radius 1 is 1.50 bits per heavy atom. The molecule has 0 atom stereocenters. The van der Waals surface area contributed by atoms with Crippen LogP contribution in [0.5, 0.6) is 5.75 Å². The van der Waals surface area contributed by atoms with Crippen molar-refractivity contribution in [1.29, 1.82) is 0 Å². The normalized spacial score (nSPS) is 19.4. The Kier molecular flexibility index (Phi) is 2.15. The second-order valence-corrected chi connectivity index (χ2v) is 4.06. The van der Waals surface area contributed by atoms with Crippen LogP contribution in [0, 0.1) is 5.82 Å². The summed E-state index contributed by atoms with van der Waals surface area (Å²) < 4.78 is 19.0. The van der Waals surface area contributed by atoms with Crippen molar-refractivity contribution in [3.05, 3.63) is 23.8 Å². The van der Waals surface area contributed by atoms with Gasteiger partial charge in [0.05, 0.1) is 12.4 Å². The molecule has 1 aromatic heterocycles. The van der Waals surface area contributed by atoms with Gasteiger partial charge in [0.1, 0.15) is 17.2 Å². The maximum Gasteiger partial charge on any atom is 0.149 e. The van der Waals surface area contributed by atoms with Gasteiger partial charge < -0.3 is 10.1 Å². The molecule has 1 N–H and O–H groups in total. The lowest BCUT2D eigenvalue weighted by Gasteiger charge is -2.24. The second-order valence-electron chi connectivity index (χ2n) is 4.06. The Bertz CT molecular complexity index is 352. The number of nitrogens with one attached hydrogen (secondary N) is 1. The van der Waals surface area contributed by atoms with Gasteiger partial charge in [0.15, 0.2) is 0 Å². The first-order valence-electron chi connectivity index (χ1n) is 4.61. The van der Waals surface area contributed by atoms with E-state index in [2.05, 4.69) is 10.3 Å². The molecule has 2 rings (SSSR count). The van der Waals surface area contributed by atoms with E-state index < -0.39 is 0 Å². The summed E-state index contributed by atoms with van der Waals surface area (Å²) in [6.45, 7) is 5.11. The third-order valence-electron chi connectivity index (χ3n) is 2.20. The van der Waals surface area contributed by atoms with Gasteiger partial charge in [0, 0.05) is 18.7 Å². The molecule has 0 amide bonds. The maximum absolute atomic E-state index is 13.3. The van der Waals surface area contributed by atoms with Crippen LogP contribution in [-0.4, -0.2) is 17.1 Å². The lowest BCUT2D eigenvalue weighted by molar-refractivity contribution is 0.114. The molecule has 14 heavy (non-hydrogen) atoms. The van der Waals surface area contributed by atoms with Crippen molar-refractivity contribution in [3.63, 3.8) is 0 Å². The van der Waals surface area contributed by atoms with Crippen LogP contribution in [0.25, 0.3) is 0 Å². The summed E-state index contributed by atoms with van der Waals surface area (Å²) >= 11 is 0. The first-order chi connectivity index (χ1) is 6.58. The van der Waals surface area contributed by atoms with Gasteiger partial charge in [-0.25, -0.2) is 4.39 Å². The molecule has 0 saturated heterocycles. The SMILES string of the molecule is CC1(C)CNCc2c(F)cncc2O1. The van der Waals surface area contributed by atoms with Gasteiger partial charge in [0.25, 0.3) is 0 Å². The summed E-state index contributed by atoms with van der Waals surface area (Å²) in [6, 6.07) is 0. The minimum absolute atomic E-state index is 0.312. The van der Waals surface area contributed by atoms with E-state index in [1.807, 2.05) is 13.8 Å². The third-order valence-corrected chi connectivity index (χ3v) is 2.20. The van der Waals surface area contributed by atoms with E-state index in [0.717, 1.165) is 0 Å². The molecule has 4 heteroatoms. The van der Waals surface area contributed by atoms with Gasteiger partial charge in [-0.05, 0) is 13.8 Å². The summed E-state index contributed by atoms with van der Waals surface area (Å²) in [4.78, 5) is 3.78. The topological polar surface area (TPSA) is 34.2 Å². The van der Waals surface area contributed by atoms with E-state index in [4.69, 9.17) is 4.74 Å². The van der Waals surface area contributed by atoms with E-state index in [0.29, 0.717) is 24.4 Å². The largest absolute Gasteiger partial charge is 0.484 e. The van der Waals surface area contributed by atoms with Crippen LogP contribution in [0.15, 0.2) is 12.4 Å². The van der Waals surface area contributed by atoms with Gasteiger partial charge in [0.2, 0.25) is 0 Å². The molecule has 0 saturated carbocycles. The highest BCUT2D eigenvalue weighted by Gasteiger charge is 2.25. The smallest absolute Gasteiger partial charge is 0.149 e. The first-order valence-corrected chi connectivity index (χ1v) is 4.61. The minimum Gasteiger partial charge on any atom is -0.484 e. The Hall–Kier alpha value is -1.16. The standard InChI is InChI=1S/C10H13FN2O/c1-10(2)6-13-3-7-8(11)4-12-5-9(7)14-10/h4-5,13H,3,6H2,1-2H3. The summed E-state index contributed by atoms with van der Waals surface area (Å²) in [5.41, 5.74) is 0.242. The summed E-state index contributed by atoms with van der Waals surface area (Å²) in [5, 5.41) is 3.14. The van der Waals surface area contributed by atoms with E-state index in [-0.39, 0.29) is 11.4 Å². The fourth-order valence-electron chi connectivity index (χ4n) is 1.53. The predicted molar refractivity (Wildman–Crippen MR) is 50.6 cm³/mol. The van der Waals surface area contributed by atoms with Crippen molar-refractivity contribution in [2.45, 2.75) is 26.0 Å². The van der Waals surface area contributed by atoms with Gasteiger partial charge in [-0.1, -0.05) is 0 Å². The van der Waals surface area contributed by atoms with Crippen LogP contribution in [0.2, 0.25) is 0 Å². The summed E-state index contributed by atoms with van der Waals surface area (Å²) in [6.07, 6.45) is 2.77. The zero-order valence-electron chi connectivity index (χ0n) is 8.30. The zero-order valence-corrected chi connectivity index (χ0v) is 8.30. The van der Waals surface area contributed by atoms with Crippen molar-refractivity contribution < 1.29 is 9.13 Å². The molecule has 76 valence electrons. The number of fused-ring (bicyclic) bond motifs is 1. The second kappa shape index (κ2) is 3.20. The van der Waals surface area contributed by atoms with E-state index >= 15 is 0 Å². The molecule has 0 aromatic carbocycles. The van der Waals surface area contributed by atoms with E-state index in [1.165, 1.54) is 6.20 Å². The number of ether oxygens (including phenoxy) is 1. The molecule has 1 aliphatic rings. The summed E-state index contributed by atoms with van der Waals surface area (Å²) in [7, 11) is 0. The average Bonchev–Trinajstić information content (AvgIpc) is 2.23. The van der Waals surface area contributed by atoms with Gasteiger partial charge in [-0.15, -0.1) is 0 Å². The Morgan fingerprint density at radius 3 is 3.07 bits per heavy atom.